The standard InChI is InChI=1S/C14H17ClN4O3S2/c1-18-9-16-14(13(18)15)24(21,22)17-5-2-12(20)19-6-3-11-10(8-19)4-7-23-11/h4,7,9,17H,2-3,5-6,8H2,1H3. The van der Waals surface area contributed by atoms with Gasteiger partial charge in [0.1, 0.15) is 5.15 Å². The van der Waals surface area contributed by atoms with E-state index in [1.165, 1.54) is 21.3 Å². The van der Waals surface area contributed by atoms with Crippen LogP contribution in [-0.2, 0) is 34.8 Å². The molecule has 1 aliphatic heterocycles. The van der Waals surface area contributed by atoms with Gasteiger partial charge in [0.25, 0.3) is 10.0 Å². The molecule has 1 aliphatic rings. The quantitative estimate of drug-likeness (QED) is 0.838. The fraction of sp³-hybridized carbons (Fsp3) is 0.429. The molecular formula is C14H17ClN4O3S2. The summed E-state index contributed by atoms with van der Waals surface area (Å²) >= 11 is 7.61. The molecule has 0 saturated heterocycles. The van der Waals surface area contributed by atoms with Gasteiger partial charge in [-0.25, -0.2) is 18.1 Å². The number of fused-ring (bicyclic) bond motifs is 1. The molecule has 7 nitrogen and oxygen atoms in total. The molecule has 2 aromatic heterocycles. The van der Waals surface area contributed by atoms with Crippen LogP contribution in [0.5, 0.6) is 0 Å². The van der Waals surface area contributed by atoms with E-state index < -0.39 is 10.0 Å². The summed E-state index contributed by atoms with van der Waals surface area (Å²) in [6, 6.07) is 2.03. The zero-order valence-corrected chi connectivity index (χ0v) is 15.4. The third-order valence-corrected chi connectivity index (χ3v) is 6.85. The molecule has 1 N–H and O–H groups in total. The summed E-state index contributed by atoms with van der Waals surface area (Å²) < 4.78 is 28.1. The van der Waals surface area contributed by atoms with Crippen molar-refractivity contribution in [3.8, 4) is 0 Å². The Balaban J connectivity index is 1.55. The third kappa shape index (κ3) is 3.49. The van der Waals surface area contributed by atoms with Crippen molar-refractivity contribution in [3.63, 3.8) is 0 Å². The molecule has 0 bridgehead atoms. The lowest BCUT2D eigenvalue weighted by atomic mass is 10.1. The monoisotopic (exact) mass is 388 g/mol. The maximum absolute atomic E-state index is 12.3. The fourth-order valence-electron chi connectivity index (χ4n) is 2.55. The topological polar surface area (TPSA) is 84.3 Å². The largest absolute Gasteiger partial charge is 0.338 e. The first-order chi connectivity index (χ1) is 11.4. The van der Waals surface area contributed by atoms with Crippen molar-refractivity contribution in [2.45, 2.75) is 24.4 Å². The molecule has 0 saturated carbocycles. The molecular weight excluding hydrogens is 372 g/mol. The number of amides is 1. The van der Waals surface area contributed by atoms with E-state index in [9.17, 15) is 13.2 Å². The molecule has 0 atom stereocenters. The molecule has 0 fully saturated rings. The van der Waals surface area contributed by atoms with Gasteiger partial charge in [0, 0.05) is 38.0 Å². The number of aromatic nitrogens is 2. The SMILES string of the molecule is Cn1cnc(S(=O)(=O)NCCC(=O)N2CCc3sccc3C2)c1Cl. The minimum Gasteiger partial charge on any atom is -0.338 e. The average Bonchev–Trinajstić information content (AvgIpc) is 3.14. The molecule has 0 spiro atoms. The Hall–Kier alpha value is -1.42. The lowest BCUT2D eigenvalue weighted by Gasteiger charge is -2.27. The third-order valence-electron chi connectivity index (χ3n) is 3.88. The van der Waals surface area contributed by atoms with Gasteiger partial charge in [-0.1, -0.05) is 11.6 Å². The molecule has 130 valence electrons. The smallest absolute Gasteiger partial charge is 0.261 e. The van der Waals surface area contributed by atoms with E-state index in [2.05, 4.69) is 9.71 Å². The highest BCUT2D eigenvalue weighted by molar-refractivity contribution is 7.89. The predicted molar refractivity (Wildman–Crippen MR) is 91.5 cm³/mol. The van der Waals surface area contributed by atoms with Gasteiger partial charge < -0.3 is 9.47 Å². The highest BCUT2D eigenvalue weighted by Gasteiger charge is 2.24. The van der Waals surface area contributed by atoms with Crippen molar-refractivity contribution >= 4 is 38.9 Å². The zero-order chi connectivity index (χ0) is 17.3. The normalized spacial score (nSPS) is 14.7. The Morgan fingerprint density at radius 2 is 2.29 bits per heavy atom. The number of thiophene rings is 1. The van der Waals surface area contributed by atoms with Crippen LogP contribution in [0.4, 0.5) is 0 Å². The number of aryl methyl sites for hydroxylation is 1. The first kappa shape index (κ1) is 17.4. The number of hydrogen-bond acceptors (Lipinski definition) is 5. The lowest BCUT2D eigenvalue weighted by Crippen LogP contribution is -2.37. The van der Waals surface area contributed by atoms with Crippen LogP contribution in [0.3, 0.4) is 0 Å². The number of imidazole rings is 1. The molecule has 1 amide bonds. The highest BCUT2D eigenvalue weighted by Crippen LogP contribution is 2.24. The van der Waals surface area contributed by atoms with Gasteiger partial charge in [0.15, 0.2) is 0 Å². The summed E-state index contributed by atoms with van der Waals surface area (Å²) in [6.07, 6.45) is 2.28. The number of rotatable bonds is 5. The van der Waals surface area contributed by atoms with Crippen LogP contribution < -0.4 is 4.72 Å². The number of halogens is 1. The number of nitrogens with zero attached hydrogens (tertiary/aromatic N) is 3. The van der Waals surface area contributed by atoms with E-state index in [1.807, 2.05) is 11.4 Å². The van der Waals surface area contributed by atoms with E-state index in [1.54, 1.807) is 23.3 Å². The Kier molecular flexibility index (Phi) is 4.95. The van der Waals surface area contributed by atoms with Crippen molar-refractivity contribution in [1.29, 1.82) is 0 Å². The van der Waals surface area contributed by atoms with Gasteiger partial charge >= 0.3 is 0 Å². The predicted octanol–water partition coefficient (Wildman–Crippen LogP) is 1.39. The second-order valence-corrected chi connectivity index (χ2v) is 8.57. The molecule has 10 heteroatoms. The van der Waals surface area contributed by atoms with Crippen LogP contribution in [0.1, 0.15) is 16.9 Å². The molecule has 0 aliphatic carbocycles. The van der Waals surface area contributed by atoms with E-state index in [0.717, 1.165) is 6.42 Å². The number of sulfonamides is 1. The van der Waals surface area contributed by atoms with E-state index in [-0.39, 0.29) is 29.1 Å². The van der Waals surface area contributed by atoms with Gasteiger partial charge in [-0.05, 0) is 23.4 Å². The summed E-state index contributed by atoms with van der Waals surface area (Å²) in [5.41, 5.74) is 1.18. The summed E-state index contributed by atoms with van der Waals surface area (Å²) in [7, 11) is -2.22. The van der Waals surface area contributed by atoms with Gasteiger partial charge in [0.05, 0.1) is 6.33 Å². The second kappa shape index (κ2) is 6.83. The Labute approximate surface area is 149 Å². The van der Waals surface area contributed by atoms with Gasteiger partial charge in [-0.3, -0.25) is 4.79 Å². The maximum atomic E-state index is 12.3. The van der Waals surface area contributed by atoms with Crippen molar-refractivity contribution in [2.75, 3.05) is 13.1 Å². The molecule has 0 unspecified atom stereocenters. The minimum atomic E-state index is -3.82. The van der Waals surface area contributed by atoms with Crippen molar-refractivity contribution < 1.29 is 13.2 Å². The summed E-state index contributed by atoms with van der Waals surface area (Å²) in [6.45, 7) is 1.28. The van der Waals surface area contributed by atoms with E-state index >= 15 is 0 Å². The van der Waals surface area contributed by atoms with E-state index in [4.69, 9.17) is 11.6 Å². The van der Waals surface area contributed by atoms with Crippen LogP contribution in [-0.4, -0.2) is 41.9 Å². The number of carbonyl (C=O) groups excluding carboxylic acids is 1. The van der Waals surface area contributed by atoms with Crippen molar-refractivity contribution in [2.24, 2.45) is 7.05 Å². The lowest BCUT2D eigenvalue weighted by molar-refractivity contribution is -0.131. The summed E-state index contributed by atoms with van der Waals surface area (Å²) in [5, 5.41) is 1.85. The molecule has 3 heterocycles. The first-order valence-electron chi connectivity index (χ1n) is 7.38. The molecule has 24 heavy (non-hydrogen) atoms. The van der Waals surface area contributed by atoms with Crippen molar-refractivity contribution in [1.82, 2.24) is 19.2 Å². The van der Waals surface area contributed by atoms with Crippen LogP contribution in [0.2, 0.25) is 5.15 Å². The Morgan fingerprint density at radius 3 is 3.00 bits per heavy atom. The second-order valence-electron chi connectivity index (χ2n) is 5.53. The van der Waals surface area contributed by atoms with Crippen LogP contribution in [0, 0.1) is 0 Å². The zero-order valence-electron chi connectivity index (χ0n) is 13.0. The Bertz CT molecular complexity index is 859. The van der Waals surface area contributed by atoms with Gasteiger partial charge in [0.2, 0.25) is 10.9 Å². The van der Waals surface area contributed by atoms with Crippen molar-refractivity contribution in [3.05, 3.63) is 33.4 Å². The molecule has 0 radical (unpaired) electrons. The minimum absolute atomic E-state index is 0.0149. The van der Waals surface area contributed by atoms with Crippen LogP contribution in [0.25, 0.3) is 0 Å². The van der Waals surface area contributed by atoms with E-state index in [0.29, 0.717) is 13.1 Å². The first-order valence-corrected chi connectivity index (χ1v) is 10.1. The number of carbonyl (C=O) groups is 1. The average molecular weight is 389 g/mol. The summed E-state index contributed by atoms with van der Waals surface area (Å²) in [5.74, 6) is -0.0679. The van der Waals surface area contributed by atoms with Crippen LogP contribution in [0.15, 0.2) is 22.8 Å². The molecule has 3 rings (SSSR count). The number of nitrogens with one attached hydrogen (secondary N) is 1. The van der Waals surface area contributed by atoms with Gasteiger partial charge in [-0.15, -0.1) is 11.3 Å². The fourth-order valence-corrected chi connectivity index (χ4v) is 4.90. The maximum Gasteiger partial charge on any atom is 0.261 e. The summed E-state index contributed by atoms with van der Waals surface area (Å²) in [4.78, 5) is 19.1. The molecule has 0 aromatic carbocycles. The molecule has 2 aromatic rings. The van der Waals surface area contributed by atoms with Crippen LogP contribution >= 0.6 is 22.9 Å². The van der Waals surface area contributed by atoms with Gasteiger partial charge in [-0.2, -0.15) is 0 Å². The Morgan fingerprint density at radius 1 is 1.50 bits per heavy atom. The highest BCUT2D eigenvalue weighted by atomic mass is 35.5. The number of hydrogen-bond donors (Lipinski definition) is 1.